The van der Waals surface area contributed by atoms with Crippen LogP contribution in [0.1, 0.15) is 23.6 Å². The van der Waals surface area contributed by atoms with Crippen LogP contribution in [0.4, 0.5) is 0 Å². The topological polar surface area (TPSA) is 59.9 Å². The molecule has 0 bridgehead atoms. The van der Waals surface area contributed by atoms with E-state index in [1.807, 2.05) is 91.9 Å². The molecule has 0 radical (unpaired) electrons. The summed E-state index contributed by atoms with van der Waals surface area (Å²) in [6, 6.07) is 27.5. The summed E-state index contributed by atoms with van der Waals surface area (Å²) in [5.74, 6) is 1.11. The van der Waals surface area contributed by atoms with Crippen LogP contribution in [0.2, 0.25) is 0 Å². The molecule has 5 nitrogen and oxygen atoms in total. The van der Waals surface area contributed by atoms with Gasteiger partial charge in [-0.2, -0.15) is 5.10 Å². The van der Waals surface area contributed by atoms with Gasteiger partial charge in [0.05, 0.1) is 19.2 Å². The Morgan fingerprint density at radius 3 is 2.47 bits per heavy atom. The summed E-state index contributed by atoms with van der Waals surface area (Å²) >= 11 is 3.57. The number of ether oxygens (including phenoxy) is 2. The Balaban J connectivity index is 1.40. The highest BCUT2D eigenvalue weighted by Gasteiger charge is 2.09. The Morgan fingerprint density at radius 2 is 1.68 bits per heavy atom. The number of hydrogen-bond acceptors (Lipinski definition) is 4. The summed E-state index contributed by atoms with van der Waals surface area (Å²) in [6.07, 6.45) is 1.84. The van der Waals surface area contributed by atoms with Gasteiger partial charge in [0.25, 0.3) is 0 Å². The molecule has 0 aliphatic rings. The fourth-order valence-corrected chi connectivity index (χ4v) is 4.08. The van der Waals surface area contributed by atoms with Crippen LogP contribution in [0.5, 0.6) is 11.5 Å². The van der Waals surface area contributed by atoms with Gasteiger partial charge in [0.15, 0.2) is 11.5 Å². The van der Waals surface area contributed by atoms with Gasteiger partial charge >= 0.3 is 0 Å². The maximum atomic E-state index is 12.5. The molecule has 0 unspecified atom stereocenters. The lowest BCUT2D eigenvalue weighted by Gasteiger charge is -2.12. The van der Waals surface area contributed by atoms with Crippen molar-refractivity contribution in [2.75, 3.05) is 6.61 Å². The second-order valence-electron chi connectivity index (χ2n) is 7.64. The third-order valence-electron chi connectivity index (χ3n) is 5.22. The zero-order valence-corrected chi connectivity index (χ0v) is 20.4. The van der Waals surface area contributed by atoms with E-state index in [1.165, 1.54) is 0 Å². The number of rotatable bonds is 9. The fraction of sp³-hybridized carbons (Fsp3) is 0.143. The molecular weight excluding hydrogens is 492 g/mol. The molecule has 0 aliphatic carbocycles. The monoisotopic (exact) mass is 516 g/mol. The highest BCUT2D eigenvalue weighted by Crippen LogP contribution is 2.29. The van der Waals surface area contributed by atoms with E-state index in [-0.39, 0.29) is 12.3 Å². The maximum Gasteiger partial charge on any atom is 0.244 e. The van der Waals surface area contributed by atoms with Crippen LogP contribution in [-0.2, 0) is 17.8 Å². The summed E-state index contributed by atoms with van der Waals surface area (Å²) in [5, 5.41) is 6.25. The molecule has 172 valence electrons. The van der Waals surface area contributed by atoms with Gasteiger partial charge in [0, 0.05) is 4.47 Å². The lowest BCUT2D eigenvalue weighted by Crippen LogP contribution is -2.19. The minimum Gasteiger partial charge on any atom is -0.490 e. The molecule has 0 atom stereocenters. The number of nitrogens with zero attached hydrogens (tertiary/aromatic N) is 1. The van der Waals surface area contributed by atoms with Crippen molar-refractivity contribution in [1.29, 1.82) is 0 Å². The molecule has 0 saturated heterocycles. The van der Waals surface area contributed by atoms with Gasteiger partial charge in [-0.1, -0.05) is 76.6 Å². The molecule has 34 heavy (non-hydrogen) atoms. The maximum absolute atomic E-state index is 12.5. The highest BCUT2D eigenvalue weighted by atomic mass is 79.9. The van der Waals surface area contributed by atoms with Crippen LogP contribution in [0, 0.1) is 0 Å². The van der Waals surface area contributed by atoms with E-state index in [2.05, 4.69) is 26.5 Å². The molecule has 4 aromatic rings. The van der Waals surface area contributed by atoms with E-state index in [0.717, 1.165) is 31.9 Å². The van der Waals surface area contributed by atoms with Crippen molar-refractivity contribution in [3.05, 3.63) is 106 Å². The van der Waals surface area contributed by atoms with Gasteiger partial charge in [0.1, 0.15) is 6.61 Å². The summed E-state index contributed by atoms with van der Waals surface area (Å²) in [5.41, 5.74) is 5.44. The molecule has 0 saturated carbocycles. The number of hydrazone groups is 1. The standard InChI is InChI=1S/C28H25BrN2O3/c1-2-33-27-16-21(12-15-26(27)34-19-20-8-4-3-5-9-20)18-30-31-28(32)17-22-13-14-25(29)24-11-7-6-10-23(22)24/h3-16,18H,2,17,19H2,1H3,(H,31,32)/b30-18+. The fourth-order valence-electron chi connectivity index (χ4n) is 3.60. The summed E-state index contributed by atoms with van der Waals surface area (Å²) in [4.78, 5) is 12.5. The Hall–Kier alpha value is -3.64. The molecule has 0 spiro atoms. The molecule has 0 aliphatic heterocycles. The van der Waals surface area contributed by atoms with Crippen LogP contribution < -0.4 is 14.9 Å². The molecule has 0 aromatic heterocycles. The quantitative estimate of drug-likeness (QED) is 0.210. The Bertz CT molecular complexity index is 1310. The number of carbonyl (C=O) groups excluding carboxylic acids is 1. The summed E-state index contributed by atoms with van der Waals surface area (Å²) < 4.78 is 12.7. The van der Waals surface area contributed by atoms with E-state index in [1.54, 1.807) is 6.21 Å². The predicted octanol–water partition coefficient (Wildman–Crippen LogP) is 6.27. The van der Waals surface area contributed by atoms with Gasteiger partial charge in [-0.25, -0.2) is 5.43 Å². The highest BCUT2D eigenvalue weighted by molar-refractivity contribution is 9.10. The van der Waals surface area contributed by atoms with Gasteiger partial charge in [-0.15, -0.1) is 0 Å². The van der Waals surface area contributed by atoms with E-state index in [0.29, 0.717) is 24.7 Å². The molecule has 1 N–H and O–H groups in total. The van der Waals surface area contributed by atoms with Crippen molar-refractivity contribution in [2.45, 2.75) is 20.0 Å². The molecule has 4 aromatic carbocycles. The number of benzene rings is 4. The largest absolute Gasteiger partial charge is 0.490 e. The van der Waals surface area contributed by atoms with Crippen molar-refractivity contribution in [1.82, 2.24) is 5.43 Å². The number of fused-ring (bicyclic) bond motifs is 1. The Kier molecular flexibility index (Phi) is 7.94. The minimum absolute atomic E-state index is 0.184. The lowest BCUT2D eigenvalue weighted by molar-refractivity contribution is -0.120. The molecule has 6 heteroatoms. The summed E-state index contributed by atoms with van der Waals surface area (Å²) in [7, 11) is 0. The Labute approximate surface area is 207 Å². The van der Waals surface area contributed by atoms with Crippen molar-refractivity contribution in [3.8, 4) is 11.5 Å². The van der Waals surface area contributed by atoms with Crippen LogP contribution in [0.15, 0.2) is 94.5 Å². The predicted molar refractivity (Wildman–Crippen MR) is 139 cm³/mol. The normalized spacial score (nSPS) is 11.0. The van der Waals surface area contributed by atoms with E-state index in [9.17, 15) is 4.79 Å². The molecule has 1 amide bonds. The number of amides is 1. The number of hydrogen-bond donors (Lipinski definition) is 1. The summed E-state index contributed by atoms with van der Waals surface area (Å²) in [6.45, 7) is 2.89. The van der Waals surface area contributed by atoms with Crippen LogP contribution in [0.25, 0.3) is 10.8 Å². The van der Waals surface area contributed by atoms with E-state index >= 15 is 0 Å². The molecule has 0 heterocycles. The smallest absolute Gasteiger partial charge is 0.244 e. The van der Waals surface area contributed by atoms with Gasteiger partial charge in [-0.3, -0.25) is 4.79 Å². The van der Waals surface area contributed by atoms with Crippen molar-refractivity contribution in [2.24, 2.45) is 5.10 Å². The van der Waals surface area contributed by atoms with Crippen LogP contribution >= 0.6 is 15.9 Å². The van der Waals surface area contributed by atoms with E-state index < -0.39 is 0 Å². The second-order valence-corrected chi connectivity index (χ2v) is 8.49. The first-order chi connectivity index (χ1) is 16.6. The number of nitrogens with one attached hydrogen (secondary N) is 1. The number of halogens is 1. The van der Waals surface area contributed by atoms with Crippen LogP contribution in [0.3, 0.4) is 0 Å². The molecule has 4 rings (SSSR count). The molecular formula is C28H25BrN2O3. The van der Waals surface area contributed by atoms with Gasteiger partial charge < -0.3 is 9.47 Å². The van der Waals surface area contributed by atoms with Crippen molar-refractivity contribution < 1.29 is 14.3 Å². The zero-order chi connectivity index (χ0) is 23.8. The average Bonchev–Trinajstić information content (AvgIpc) is 2.86. The molecule has 0 fully saturated rings. The van der Waals surface area contributed by atoms with Crippen molar-refractivity contribution >= 4 is 38.8 Å². The lowest BCUT2D eigenvalue weighted by atomic mass is 10.0. The Morgan fingerprint density at radius 1 is 0.912 bits per heavy atom. The first kappa shape index (κ1) is 23.5. The third-order valence-corrected chi connectivity index (χ3v) is 5.91. The first-order valence-corrected chi connectivity index (χ1v) is 11.8. The van der Waals surface area contributed by atoms with E-state index in [4.69, 9.17) is 9.47 Å². The van der Waals surface area contributed by atoms with Crippen LogP contribution in [-0.4, -0.2) is 18.7 Å². The second kappa shape index (κ2) is 11.5. The zero-order valence-electron chi connectivity index (χ0n) is 18.8. The SMILES string of the molecule is CCOc1cc(/C=N/NC(=O)Cc2ccc(Br)c3ccccc23)ccc1OCc1ccccc1. The number of carbonyl (C=O) groups is 1. The average molecular weight is 517 g/mol. The third kappa shape index (κ3) is 6.02. The first-order valence-electron chi connectivity index (χ1n) is 11.1. The van der Waals surface area contributed by atoms with Crippen molar-refractivity contribution in [3.63, 3.8) is 0 Å². The minimum atomic E-state index is -0.184. The van der Waals surface area contributed by atoms with Gasteiger partial charge in [0.2, 0.25) is 5.91 Å². The van der Waals surface area contributed by atoms with Gasteiger partial charge in [-0.05, 0) is 58.7 Å².